The number of aromatic nitrogens is 3. The van der Waals surface area contributed by atoms with Gasteiger partial charge in [0.15, 0.2) is 0 Å². The molecule has 0 fully saturated rings. The Morgan fingerprint density at radius 1 is 0.310 bits per heavy atom. The van der Waals surface area contributed by atoms with Gasteiger partial charge < -0.3 is 29.8 Å². The molecule has 0 aliphatic carbocycles. The molecule has 10 rings (SSSR count). The summed E-state index contributed by atoms with van der Waals surface area (Å²) in [5, 5.41) is 44.1. The van der Waals surface area contributed by atoms with Crippen molar-refractivity contribution in [1.82, 2.24) is 15.0 Å². The van der Waals surface area contributed by atoms with Gasteiger partial charge in [-0.15, -0.1) is 0 Å². The Hall–Kier alpha value is -11.1. The second-order valence-corrected chi connectivity index (χ2v) is 21.5. The molecule has 9 aromatic carbocycles. The molecule has 0 aliphatic heterocycles. The molecular formula is C66H42N9O9S3-3. The fraction of sp³-hybridized carbons (Fsp3) is 0. The fourth-order valence-electron chi connectivity index (χ4n) is 7.70. The van der Waals surface area contributed by atoms with Crippen LogP contribution in [0.2, 0.25) is 0 Å². The lowest BCUT2D eigenvalue weighted by molar-refractivity contribution is 0.104. The third-order valence-electron chi connectivity index (χ3n) is 12.0. The summed E-state index contributed by atoms with van der Waals surface area (Å²) in [4.78, 5) is 72.1. The van der Waals surface area contributed by atoms with Gasteiger partial charge in [0.25, 0.3) is 35.5 Å². The van der Waals surface area contributed by atoms with Crippen molar-refractivity contribution >= 4 is 107 Å². The van der Waals surface area contributed by atoms with E-state index in [2.05, 4.69) is 45.4 Å². The minimum Gasteiger partial charge on any atom is -0.789 e. The first-order valence-electron chi connectivity index (χ1n) is 26.1. The first kappa shape index (κ1) is 59.0. The Morgan fingerprint density at radius 2 is 0.540 bits per heavy atom. The molecule has 0 saturated heterocycles. The van der Waals surface area contributed by atoms with Crippen LogP contribution < -0.4 is 14.2 Å². The maximum Gasteiger partial charge on any atom is 0.259 e. The van der Waals surface area contributed by atoms with Crippen LogP contribution in [-0.2, 0) is 0 Å². The van der Waals surface area contributed by atoms with Crippen LogP contribution in [0.5, 0.6) is 17.2 Å². The highest BCUT2D eigenvalue weighted by Crippen LogP contribution is 2.31. The van der Waals surface area contributed by atoms with Crippen molar-refractivity contribution in [2.75, 3.05) is 0 Å². The topological polar surface area (TPSA) is 261 Å². The molecule has 21 heteroatoms. The van der Waals surface area contributed by atoms with Crippen molar-refractivity contribution < 1.29 is 28.6 Å². The van der Waals surface area contributed by atoms with Gasteiger partial charge in [0.05, 0.1) is 0 Å². The number of hydrogen-bond acceptors (Lipinski definition) is 21. The smallest absolute Gasteiger partial charge is 0.259 e. The summed E-state index contributed by atoms with van der Waals surface area (Å²) >= 11 is 4.58. The van der Waals surface area contributed by atoms with E-state index in [-0.39, 0.29) is 51.8 Å². The Kier molecular flexibility index (Phi) is 20.0. The molecule has 87 heavy (non-hydrogen) atoms. The average molecular weight is 1200 g/mol. The number of nitrogens with zero attached hydrogens (tertiary/aromatic N) is 9. The van der Waals surface area contributed by atoms with Crippen molar-refractivity contribution in [3.05, 3.63) is 286 Å². The number of ether oxygens (including phenoxy) is 3. The highest BCUT2D eigenvalue weighted by atomic mass is 32.2. The van der Waals surface area contributed by atoms with Gasteiger partial charge in [-0.2, -0.15) is 15.0 Å². The summed E-state index contributed by atoms with van der Waals surface area (Å²) in [6.45, 7) is 0. The minimum atomic E-state index is -0.690. The number of Topliss-reactive ketones (excluding diaryl/α,β-unsaturated/α-hetero) is 3. The molecular weight excluding hydrogens is 1160 g/mol. The Morgan fingerprint density at radius 3 is 0.770 bits per heavy atom. The van der Waals surface area contributed by atoms with Crippen molar-refractivity contribution in [3.63, 3.8) is 0 Å². The molecule has 0 spiro atoms. The summed E-state index contributed by atoms with van der Waals surface area (Å²) in [5.41, 5.74) is 2.31. The van der Waals surface area contributed by atoms with E-state index in [0.29, 0.717) is 16.7 Å². The number of carbonyl (C=O) groups is 3. The monoisotopic (exact) mass is 1200 g/mol. The molecule has 0 saturated carbocycles. The molecule has 1 heterocycles. The van der Waals surface area contributed by atoms with E-state index >= 15 is 0 Å². The SMILES string of the molecule is O=C(/C(=N\[O-])Oc1ccc(/C=N/c2nc(/N=C/c3ccc(O/C(=N/[O-])C(=O)c4ccc(Sc5ccccc5)cc4)cc3)nc(/N=C/c3ccc(O/C(=N/[O-])C(=O)c4ccc(Sc5ccccc5)cc4)cc3)n2)cc1)c1ccc(Sc2ccccc2)cc1. The van der Waals surface area contributed by atoms with E-state index < -0.39 is 35.0 Å². The number of hydrogen-bond donors (Lipinski definition) is 0. The lowest BCUT2D eigenvalue weighted by atomic mass is 10.1. The number of aliphatic imine (C=N–C) groups is 3. The lowest BCUT2D eigenvalue weighted by Crippen LogP contribution is -2.20. The molecule has 10 aromatic rings. The highest BCUT2D eigenvalue weighted by molar-refractivity contribution is 7.99. The van der Waals surface area contributed by atoms with E-state index in [4.69, 9.17) is 14.2 Å². The van der Waals surface area contributed by atoms with E-state index in [1.165, 1.54) is 90.3 Å². The normalized spacial score (nSPS) is 11.9. The van der Waals surface area contributed by atoms with E-state index in [9.17, 15) is 30.0 Å². The molecule has 0 N–H and O–H groups in total. The van der Waals surface area contributed by atoms with Crippen LogP contribution in [0.25, 0.3) is 0 Å². The van der Waals surface area contributed by atoms with E-state index in [1.54, 1.807) is 109 Å². The molecule has 426 valence electrons. The summed E-state index contributed by atoms with van der Waals surface area (Å²) in [7, 11) is 0. The second kappa shape index (κ2) is 29.4. The Bertz CT molecular complexity index is 3750. The molecule has 0 aliphatic rings. The van der Waals surface area contributed by atoms with Gasteiger partial charge in [-0.05, 0) is 199 Å². The number of ketones is 3. The van der Waals surface area contributed by atoms with Crippen LogP contribution in [0.4, 0.5) is 17.8 Å². The second-order valence-electron chi connectivity index (χ2n) is 18.0. The number of carbonyl (C=O) groups excluding carboxylic acids is 3. The summed E-state index contributed by atoms with van der Waals surface area (Å²) in [6.07, 6.45) is 4.36. The molecule has 18 nitrogen and oxygen atoms in total. The van der Waals surface area contributed by atoms with Crippen LogP contribution in [0.3, 0.4) is 0 Å². The minimum absolute atomic E-state index is 0.0888. The first-order chi connectivity index (χ1) is 42.6. The van der Waals surface area contributed by atoms with Crippen LogP contribution in [-0.4, -0.2) is 68.6 Å². The maximum atomic E-state index is 13.2. The van der Waals surface area contributed by atoms with Crippen LogP contribution in [0.1, 0.15) is 47.8 Å². The van der Waals surface area contributed by atoms with E-state index in [1.807, 2.05) is 91.0 Å². The van der Waals surface area contributed by atoms with Gasteiger partial charge in [0, 0.05) is 64.7 Å². The van der Waals surface area contributed by atoms with Gasteiger partial charge >= 0.3 is 0 Å². The molecule has 0 unspecified atom stereocenters. The van der Waals surface area contributed by atoms with E-state index in [0.717, 1.165) is 29.4 Å². The zero-order valence-electron chi connectivity index (χ0n) is 45.2. The standard InChI is InChI=1S/C66H45N9O9S3/c76-58(46-22-34-55(35-23-46)85-52-10-4-1-5-11-52)61(73-79)82-49-28-16-43(17-29-49)40-67-64-70-65(68-41-44-18-30-50(31-19-44)83-62(74-80)59(77)47-24-36-56(37-25-47)86-53-12-6-2-7-13-53)72-66(71-64)69-42-45-20-32-51(33-21-45)84-63(75-81)60(78)48-26-38-57(39-27-48)87-54-14-8-3-9-15-54/h1-42,79-81H/p-3/b67-40+,68-41+,69-42+,73-61+,74-62+,75-63+. The van der Waals surface area contributed by atoms with Crippen molar-refractivity contribution in [1.29, 1.82) is 0 Å². The zero-order chi connectivity index (χ0) is 60.2. The highest BCUT2D eigenvalue weighted by Gasteiger charge is 2.19. The van der Waals surface area contributed by atoms with Crippen molar-refractivity contribution in [2.45, 2.75) is 29.4 Å². The Labute approximate surface area is 510 Å². The van der Waals surface area contributed by atoms with Crippen LogP contribution in [0.15, 0.2) is 296 Å². The van der Waals surface area contributed by atoms with Crippen LogP contribution in [0, 0.1) is 15.6 Å². The van der Waals surface area contributed by atoms with Gasteiger partial charge in [0.2, 0.25) is 17.3 Å². The third kappa shape index (κ3) is 16.8. The maximum absolute atomic E-state index is 13.2. The van der Waals surface area contributed by atoms with Gasteiger partial charge in [-0.25, -0.2) is 15.0 Å². The number of rotatable bonds is 21. The van der Waals surface area contributed by atoms with Gasteiger partial charge in [-0.3, -0.25) is 29.9 Å². The van der Waals surface area contributed by atoms with Gasteiger partial charge in [0.1, 0.15) is 17.2 Å². The summed E-state index contributed by atoms with van der Waals surface area (Å²) < 4.78 is 16.9. The summed E-state index contributed by atoms with van der Waals surface area (Å²) in [6, 6.07) is 68.4. The summed E-state index contributed by atoms with van der Waals surface area (Å²) in [5.74, 6) is -3.76. The molecule has 0 radical (unpaired) electrons. The van der Waals surface area contributed by atoms with Crippen molar-refractivity contribution in [2.24, 2.45) is 30.4 Å². The molecule has 0 atom stereocenters. The third-order valence-corrected chi connectivity index (χ3v) is 15.0. The van der Waals surface area contributed by atoms with Crippen molar-refractivity contribution in [3.8, 4) is 17.2 Å². The first-order valence-corrected chi connectivity index (χ1v) is 28.5. The average Bonchev–Trinajstić information content (AvgIpc) is 3.75. The predicted molar refractivity (Wildman–Crippen MR) is 339 cm³/mol. The molecule has 0 bridgehead atoms. The quantitative estimate of drug-likeness (QED) is 0.0280. The Balaban J connectivity index is 0.816. The lowest BCUT2D eigenvalue weighted by Gasteiger charge is -2.10. The van der Waals surface area contributed by atoms with Crippen LogP contribution >= 0.6 is 35.3 Å². The largest absolute Gasteiger partial charge is 0.789 e. The fourth-order valence-corrected chi connectivity index (χ4v) is 10.2. The van der Waals surface area contributed by atoms with Gasteiger partial charge in [-0.1, -0.05) is 89.9 Å². The predicted octanol–water partition coefficient (Wildman–Crippen LogP) is 15.1. The zero-order valence-corrected chi connectivity index (χ0v) is 47.6. The molecule has 0 amide bonds. The molecule has 1 aromatic heterocycles. The number of benzene rings is 9.